The van der Waals surface area contributed by atoms with Crippen LogP contribution in [0, 0.1) is 0 Å². The monoisotopic (exact) mass is 289 g/mol. The van der Waals surface area contributed by atoms with E-state index in [0.29, 0.717) is 5.75 Å². The number of amides is 1. The summed E-state index contributed by atoms with van der Waals surface area (Å²) in [6.45, 7) is 1.78. The SMILES string of the molecule is COc1ccccc1[C@H](C)NC(=O)c1nc[nH]c1C(=O)O. The molecule has 0 aliphatic heterocycles. The van der Waals surface area contributed by atoms with Gasteiger partial charge in [0.25, 0.3) is 5.91 Å². The quantitative estimate of drug-likeness (QED) is 0.775. The highest BCUT2D eigenvalue weighted by Crippen LogP contribution is 2.24. The molecule has 0 aliphatic rings. The van der Waals surface area contributed by atoms with E-state index in [1.54, 1.807) is 20.1 Å². The van der Waals surface area contributed by atoms with E-state index in [2.05, 4.69) is 15.3 Å². The van der Waals surface area contributed by atoms with Crippen LogP contribution >= 0.6 is 0 Å². The molecule has 1 heterocycles. The fourth-order valence-corrected chi connectivity index (χ4v) is 2.00. The molecule has 2 aromatic rings. The maximum atomic E-state index is 12.1. The molecule has 0 unspecified atom stereocenters. The molecule has 0 bridgehead atoms. The van der Waals surface area contributed by atoms with Gasteiger partial charge in [-0.1, -0.05) is 18.2 Å². The number of aromatic nitrogens is 2. The van der Waals surface area contributed by atoms with Crippen LogP contribution in [0.1, 0.15) is 39.5 Å². The first-order chi connectivity index (χ1) is 10.0. The van der Waals surface area contributed by atoms with Crippen LogP contribution in [0.25, 0.3) is 0 Å². The molecule has 110 valence electrons. The van der Waals surface area contributed by atoms with Gasteiger partial charge in [-0.2, -0.15) is 0 Å². The first-order valence-electron chi connectivity index (χ1n) is 6.25. The predicted octanol–water partition coefficient (Wildman–Crippen LogP) is 1.61. The average molecular weight is 289 g/mol. The van der Waals surface area contributed by atoms with Crippen LogP contribution in [0.2, 0.25) is 0 Å². The number of rotatable bonds is 5. The minimum atomic E-state index is -1.23. The zero-order valence-electron chi connectivity index (χ0n) is 11.6. The van der Waals surface area contributed by atoms with E-state index in [0.717, 1.165) is 5.56 Å². The van der Waals surface area contributed by atoms with E-state index < -0.39 is 11.9 Å². The summed E-state index contributed by atoms with van der Waals surface area (Å²) in [5.74, 6) is -1.15. The van der Waals surface area contributed by atoms with E-state index in [1.807, 2.05) is 18.2 Å². The molecule has 0 spiro atoms. The number of para-hydroxylation sites is 1. The van der Waals surface area contributed by atoms with Gasteiger partial charge in [-0.3, -0.25) is 4.79 Å². The molecule has 0 fully saturated rings. The highest BCUT2D eigenvalue weighted by molar-refractivity contribution is 6.02. The molecular weight excluding hydrogens is 274 g/mol. The number of carbonyl (C=O) groups is 2. The van der Waals surface area contributed by atoms with Crippen molar-refractivity contribution in [2.45, 2.75) is 13.0 Å². The number of carboxylic acid groups (broad SMARTS) is 1. The zero-order valence-corrected chi connectivity index (χ0v) is 11.6. The molecule has 1 amide bonds. The first kappa shape index (κ1) is 14.6. The third kappa shape index (κ3) is 3.02. The van der Waals surface area contributed by atoms with E-state index in [4.69, 9.17) is 9.84 Å². The second kappa shape index (κ2) is 6.08. The average Bonchev–Trinajstić information content (AvgIpc) is 2.96. The van der Waals surface area contributed by atoms with Gasteiger partial charge in [0.05, 0.1) is 19.5 Å². The van der Waals surface area contributed by atoms with Crippen LogP contribution in [0.3, 0.4) is 0 Å². The van der Waals surface area contributed by atoms with E-state index in [1.165, 1.54) is 6.33 Å². The summed E-state index contributed by atoms with van der Waals surface area (Å²) in [5, 5.41) is 11.7. The Morgan fingerprint density at radius 3 is 2.76 bits per heavy atom. The number of imidazole rings is 1. The number of H-pyrrole nitrogens is 1. The van der Waals surface area contributed by atoms with Gasteiger partial charge in [0.2, 0.25) is 0 Å². The number of hydrogen-bond acceptors (Lipinski definition) is 4. The normalized spacial score (nSPS) is 11.7. The van der Waals surface area contributed by atoms with Crippen LogP contribution in [0.5, 0.6) is 5.75 Å². The van der Waals surface area contributed by atoms with Crippen LogP contribution in [-0.4, -0.2) is 34.1 Å². The van der Waals surface area contributed by atoms with Crippen molar-refractivity contribution in [2.75, 3.05) is 7.11 Å². The Balaban J connectivity index is 2.19. The zero-order chi connectivity index (χ0) is 15.4. The number of carbonyl (C=O) groups excluding carboxylic acids is 1. The van der Waals surface area contributed by atoms with Gasteiger partial charge in [-0.05, 0) is 13.0 Å². The molecule has 1 aromatic heterocycles. The lowest BCUT2D eigenvalue weighted by molar-refractivity contribution is 0.0684. The van der Waals surface area contributed by atoms with Gasteiger partial charge in [0, 0.05) is 5.56 Å². The van der Waals surface area contributed by atoms with Crippen molar-refractivity contribution < 1.29 is 19.4 Å². The fraction of sp³-hybridized carbons (Fsp3) is 0.214. The number of benzene rings is 1. The van der Waals surface area contributed by atoms with Gasteiger partial charge in [-0.25, -0.2) is 9.78 Å². The number of carboxylic acids is 1. The number of aromatic carboxylic acids is 1. The van der Waals surface area contributed by atoms with E-state index in [9.17, 15) is 9.59 Å². The highest BCUT2D eigenvalue weighted by Gasteiger charge is 2.22. The topological polar surface area (TPSA) is 104 Å². The number of nitrogens with one attached hydrogen (secondary N) is 2. The number of nitrogens with zero attached hydrogens (tertiary/aromatic N) is 1. The summed E-state index contributed by atoms with van der Waals surface area (Å²) < 4.78 is 5.23. The molecule has 7 nitrogen and oxygen atoms in total. The van der Waals surface area contributed by atoms with E-state index >= 15 is 0 Å². The Labute approximate surface area is 121 Å². The molecule has 1 atom stereocenters. The maximum absolute atomic E-state index is 12.1. The summed E-state index contributed by atoms with van der Waals surface area (Å²) in [7, 11) is 1.55. The van der Waals surface area contributed by atoms with Crippen molar-refractivity contribution in [3.05, 3.63) is 47.5 Å². The van der Waals surface area contributed by atoms with Crippen LogP contribution in [0.4, 0.5) is 0 Å². The number of ether oxygens (including phenoxy) is 1. The Hall–Kier alpha value is -2.83. The van der Waals surface area contributed by atoms with Gasteiger partial charge in [0.15, 0.2) is 11.4 Å². The fourth-order valence-electron chi connectivity index (χ4n) is 2.00. The van der Waals surface area contributed by atoms with Gasteiger partial charge < -0.3 is 20.1 Å². The second-order valence-electron chi connectivity index (χ2n) is 4.37. The molecule has 0 aliphatic carbocycles. The molecule has 0 saturated carbocycles. The Kier molecular flexibility index (Phi) is 4.22. The molecule has 7 heteroatoms. The predicted molar refractivity (Wildman–Crippen MR) is 74.4 cm³/mol. The minimum absolute atomic E-state index is 0.149. The van der Waals surface area contributed by atoms with Crippen molar-refractivity contribution in [2.24, 2.45) is 0 Å². The van der Waals surface area contributed by atoms with Crippen molar-refractivity contribution in [3.63, 3.8) is 0 Å². The summed E-state index contributed by atoms with van der Waals surface area (Å²) >= 11 is 0. The van der Waals surface area contributed by atoms with Crippen molar-refractivity contribution in [1.29, 1.82) is 0 Å². The summed E-state index contributed by atoms with van der Waals surface area (Å²) in [6, 6.07) is 6.92. The Bertz CT molecular complexity index is 666. The van der Waals surface area contributed by atoms with Gasteiger partial charge >= 0.3 is 5.97 Å². The lowest BCUT2D eigenvalue weighted by atomic mass is 10.1. The number of methoxy groups -OCH3 is 1. The number of aromatic amines is 1. The molecule has 2 rings (SSSR count). The number of hydrogen-bond donors (Lipinski definition) is 3. The summed E-state index contributed by atoms with van der Waals surface area (Å²) in [4.78, 5) is 29.3. The largest absolute Gasteiger partial charge is 0.496 e. The lowest BCUT2D eigenvalue weighted by Gasteiger charge is -2.16. The standard InChI is InChI=1S/C14H15N3O4/c1-8(9-5-3-4-6-10(9)21-2)17-13(18)11-12(14(19)20)16-7-15-11/h3-8H,1-2H3,(H,15,16)(H,17,18)(H,19,20)/t8-/m0/s1. The van der Waals surface area contributed by atoms with Crippen LogP contribution < -0.4 is 10.1 Å². The molecular formula is C14H15N3O4. The van der Waals surface area contributed by atoms with E-state index in [-0.39, 0.29) is 17.4 Å². The lowest BCUT2D eigenvalue weighted by Crippen LogP contribution is -2.28. The molecule has 1 aromatic carbocycles. The van der Waals surface area contributed by atoms with Gasteiger partial charge in [-0.15, -0.1) is 0 Å². The minimum Gasteiger partial charge on any atom is -0.496 e. The molecule has 3 N–H and O–H groups in total. The summed E-state index contributed by atoms with van der Waals surface area (Å²) in [5.41, 5.74) is 0.407. The third-order valence-corrected chi connectivity index (χ3v) is 3.02. The van der Waals surface area contributed by atoms with Crippen LogP contribution in [0.15, 0.2) is 30.6 Å². The molecule has 0 saturated heterocycles. The third-order valence-electron chi connectivity index (χ3n) is 3.02. The Morgan fingerprint density at radius 1 is 1.38 bits per heavy atom. The van der Waals surface area contributed by atoms with Crippen molar-refractivity contribution >= 4 is 11.9 Å². The molecule has 0 radical (unpaired) electrons. The van der Waals surface area contributed by atoms with Crippen molar-refractivity contribution in [3.8, 4) is 5.75 Å². The smallest absolute Gasteiger partial charge is 0.354 e. The van der Waals surface area contributed by atoms with Gasteiger partial charge in [0.1, 0.15) is 5.75 Å². The maximum Gasteiger partial charge on any atom is 0.354 e. The second-order valence-corrected chi connectivity index (χ2v) is 4.37. The Morgan fingerprint density at radius 2 is 2.10 bits per heavy atom. The van der Waals surface area contributed by atoms with Crippen molar-refractivity contribution in [1.82, 2.24) is 15.3 Å². The first-order valence-corrected chi connectivity index (χ1v) is 6.25. The van der Waals surface area contributed by atoms with Crippen LogP contribution in [-0.2, 0) is 0 Å². The summed E-state index contributed by atoms with van der Waals surface area (Å²) in [6.07, 6.45) is 1.17. The molecule has 21 heavy (non-hydrogen) atoms. The highest BCUT2D eigenvalue weighted by atomic mass is 16.5.